The average molecular weight is 291 g/mol. The van der Waals surface area contributed by atoms with Crippen molar-refractivity contribution >= 4 is 23.5 Å². The van der Waals surface area contributed by atoms with Crippen LogP contribution in [0, 0.1) is 5.82 Å². The molecule has 1 unspecified atom stereocenters. The van der Waals surface area contributed by atoms with Crippen molar-refractivity contribution in [2.24, 2.45) is 0 Å². The first kappa shape index (κ1) is 12.9. The van der Waals surface area contributed by atoms with Crippen LogP contribution < -0.4 is 5.32 Å². The van der Waals surface area contributed by atoms with Gasteiger partial charge in [-0.1, -0.05) is 11.8 Å². The second kappa shape index (κ2) is 4.45. The molecule has 0 aromatic carbocycles. The van der Waals surface area contributed by atoms with Gasteiger partial charge in [-0.25, -0.2) is 14.2 Å². The molecule has 0 aliphatic carbocycles. The quantitative estimate of drug-likeness (QED) is 0.886. The van der Waals surface area contributed by atoms with Gasteiger partial charge in [-0.05, 0) is 19.1 Å². The predicted octanol–water partition coefficient (Wildman–Crippen LogP) is 2.70. The number of fused-ring (bicyclic) bond motifs is 1. The number of carbonyl (C=O) groups is 1. The highest BCUT2D eigenvalue weighted by Crippen LogP contribution is 2.49. The fraction of sp³-hybridized carbons (Fsp3) is 0.154. The van der Waals surface area contributed by atoms with Crippen molar-refractivity contribution in [2.45, 2.75) is 16.7 Å². The number of hydrogen-bond donors (Lipinski definition) is 2. The van der Waals surface area contributed by atoms with Gasteiger partial charge in [0, 0.05) is 18.0 Å². The molecule has 20 heavy (non-hydrogen) atoms. The number of nitrogens with one attached hydrogen (secondary N) is 1. The molecule has 5 nitrogen and oxygen atoms in total. The van der Waals surface area contributed by atoms with E-state index in [4.69, 9.17) is 5.11 Å². The molecule has 0 fully saturated rings. The first-order valence-corrected chi connectivity index (χ1v) is 6.61. The molecule has 102 valence electrons. The number of rotatable bonds is 2. The molecule has 1 aliphatic rings. The van der Waals surface area contributed by atoms with Gasteiger partial charge >= 0.3 is 5.97 Å². The van der Waals surface area contributed by atoms with Crippen LogP contribution in [0.15, 0.2) is 35.6 Å². The number of aromatic carboxylic acids is 1. The van der Waals surface area contributed by atoms with Crippen LogP contribution in [0.25, 0.3) is 0 Å². The fourth-order valence-corrected chi connectivity index (χ4v) is 3.21. The molecule has 0 saturated carbocycles. The first-order valence-electron chi connectivity index (χ1n) is 5.79. The van der Waals surface area contributed by atoms with Crippen molar-refractivity contribution in [3.63, 3.8) is 0 Å². The van der Waals surface area contributed by atoms with E-state index < -0.39 is 16.7 Å². The number of anilines is 1. The number of carboxylic acid groups (broad SMARTS) is 1. The van der Waals surface area contributed by atoms with E-state index >= 15 is 0 Å². The highest BCUT2D eigenvalue weighted by molar-refractivity contribution is 8.00. The molecule has 0 bridgehead atoms. The van der Waals surface area contributed by atoms with E-state index in [9.17, 15) is 9.18 Å². The van der Waals surface area contributed by atoms with Crippen molar-refractivity contribution in [3.8, 4) is 0 Å². The molecular weight excluding hydrogens is 281 g/mol. The molecule has 7 heteroatoms. The molecule has 0 saturated heterocycles. The summed E-state index contributed by atoms with van der Waals surface area (Å²) < 4.78 is 13.3. The van der Waals surface area contributed by atoms with E-state index in [2.05, 4.69) is 15.3 Å². The van der Waals surface area contributed by atoms with Gasteiger partial charge in [0.05, 0.1) is 16.7 Å². The van der Waals surface area contributed by atoms with Crippen LogP contribution in [0.4, 0.5) is 10.2 Å². The minimum absolute atomic E-state index is 0.125. The molecule has 2 aromatic heterocycles. The van der Waals surface area contributed by atoms with Crippen molar-refractivity contribution < 1.29 is 14.3 Å². The van der Waals surface area contributed by atoms with Gasteiger partial charge in [0.25, 0.3) is 0 Å². The summed E-state index contributed by atoms with van der Waals surface area (Å²) in [6.07, 6.45) is 4.01. The van der Waals surface area contributed by atoms with E-state index in [0.717, 1.165) is 11.1 Å². The normalized spacial score (nSPS) is 20.3. The zero-order chi connectivity index (χ0) is 14.3. The monoisotopic (exact) mass is 291 g/mol. The fourth-order valence-electron chi connectivity index (χ4n) is 2.01. The van der Waals surface area contributed by atoms with Crippen LogP contribution in [-0.4, -0.2) is 21.0 Å². The van der Waals surface area contributed by atoms with Gasteiger partial charge < -0.3 is 10.4 Å². The Bertz CT molecular complexity index is 710. The summed E-state index contributed by atoms with van der Waals surface area (Å²) in [5.41, 5.74) is 0.789. The molecule has 3 heterocycles. The van der Waals surface area contributed by atoms with Crippen LogP contribution in [0.5, 0.6) is 0 Å². The highest BCUT2D eigenvalue weighted by Gasteiger charge is 2.36. The number of halogens is 1. The van der Waals surface area contributed by atoms with E-state index in [1.807, 2.05) is 6.92 Å². The molecule has 0 spiro atoms. The summed E-state index contributed by atoms with van der Waals surface area (Å²) in [6, 6.07) is 2.96. The predicted molar refractivity (Wildman–Crippen MR) is 72.2 cm³/mol. The highest BCUT2D eigenvalue weighted by atomic mass is 32.2. The van der Waals surface area contributed by atoms with Crippen LogP contribution in [0.2, 0.25) is 0 Å². The van der Waals surface area contributed by atoms with Gasteiger partial charge in [0.15, 0.2) is 0 Å². The summed E-state index contributed by atoms with van der Waals surface area (Å²) in [7, 11) is 0. The van der Waals surface area contributed by atoms with Crippen molar-refractivity contribution in [1.82, 2.24) is 9.97 Å². The third-order valence-corrected chi connectivity index (χ3v) is 4.30. The third-order valence-electron chi connectivity index (χ3n) is 3.03. The average Bonchev–Trinajstić information content (AvgIpc) is 2.75. The van der Waals surface area contributed by atoms with Crippen LogP contribution >= 0.6 is 11.8 Å². The Morgan fingerprint density at radius 2 is 2.20 bits per heavy atom. The van der Waals surface area contributed by atoms with Gasteiger partial charge in [0.1, 0.15) is 16.5 Å². The van der Waals surface area contributed by atoms with Gasteiger partial charge in [-0.2, -0.15) is 0 Å². The van der Waals surface area contributed by atoms with Crippen molar-refractivity contribution in [3.05, 3.63) is 47.7 Å². The molecular formula is C13H10FN3O2S. The maximum Gasteiger partial charge on any atom is 0.337 e. The Hall–Kier alpha value is -2.15. The maximum atomic E-state index is 13.3. The summed E-state index contributed by atoms with van der Waals surface area (Å²) in [6.45, 7) is 1.87. The molecule has 1 aliphatic heterocycles. The second-order valence-electron chi connectivity index (χ2n) is 4.53. The Labute approximate surface area is 118 Å². The lowest BCUT2D eigenvalue weighted by molar-refractivity contribution is 0.0696. The van der Waals surface area contributed by atoms with Crippen LogP contribution in [0.1, 0.15) is 22.8 Å². The lowest BCUT2D eigenvalue weighted by Gasteiger charge is -2.23. The number of nitrogens with zero attached hydrogens (tertiary/aromatic N) is 2. The summed E-state index contributed by atoms with van der Waals surface area (Å²) in [4.78, 5) is 19.0. The first-order chi connectivity index (χ1) is 9.48. The van der Waals surface area contributed by atoms with Crippen LogP contribution in [-0.2, 0) is 4.87 Å². The minimum atomic E-state index is -1.03. The molecule has 0 radical (unpaired) electrons. The summed E-state index contributed by atoms with van der Waals surface area (Å²) in [5.74, 6) is -0.852. The van der Waals surface area contributed by atoms with Crippen molar-refractivity contribution in [1.29, 1.82) is 0 Å². The maximum absolute atomic E-state index is 13.3. The minimum Gasteiger partial charge on any atom is -0.478 e. The molecule has 3 rings (SSSR count). The van der Waals surface area contributed by atoms with Gasteiger partial charge in [-0.3, -0.25) is 4.98 Å². The molecule has 2 N–H and O–H groups in total. The van der Waals surface area contributed by atoms with Crippen molar-refractivity contribution in [2.75, 3.05) is 5.32 Å². The topological polar surface area (TPSA) is 75.1 Å². The van der Waals surface area contributed by atoms with Gasteiger partial charge in [0.2, 0.25) is 0 Å². The van der Waals surface area contributed by atoms with Gasteiger partial charge in [-0.15, -0.1) is 0 Å². The number of aromatic nitrogens is 2. The van der Waals surface area contributed by atoms with Crippen LogP contribution in [0.3, 0.4) is 0 Å². The number of thioether (sulfide) groups is 1. The Kier molecular flexibility index (Phi) is 2.86. The standard InChI is InChI=1S/C13H10FN3O2S/c1-13(8-3-9(14)6-15-5-8)17-11-10(20-13)2-7(4-16-11)12(18)19/h2-6H,1H3,(H,16,17)(H,18,19). The third kappa shape index (κ3) is 2.09. The zero-order valence-electron chi connectivity index (χ0n) is 10.4. The Morgan fingerprint density at radius 3 is 2.90 bits per heavy atom. The Balaban J connectivity index is 1.98. The molecule has 1 atom stereocenters. The SMILES string of the molecule is CC1(c2cncc(F)c2)Nc2ncc(C(=O)O)cc2S1. The van der Waals surface area contributed by atoms with E-state index in [-0.39, 0.29) is 5.56 Å². The summed E-state index contributed by atoms with van der Waals surface area (Å²) >= 11 is 1.39. The Morgan fingerprint density at radius 1 is 1.40 bits per heavy atom. The largest absolute Gasteiger partial charge is 0.478 e. The smallest absolute Gasteiger partial charge is 0.337 e. The molecule has 2 aromatic rings. The van der Waals surface area contributed by atoms with E-state index in [1.54, 1.807) is 12.3 Å². The number of pyridine rings is 2. The lowest BCUT2D eigenvalue weighted by Crippen LogP contribution is -2.24. The lowest BCUT2D eigenvalue weighted by atomic mass is 10.1. The zero-order valence-corrected chi connectivity index (χ0v) is 11.2. The molecule has 0 amide bonds. The number of hydrogen-bond acceptors (Lipinski definition) is 5. The second-order valence-corrected chi connectivity index (χ2v) is 5.99. The van der Waals surface area contributed by atoms with E-state index in [0.29, 0.717) is 11.4 Å². The number of carboxylic acids is 1. The van der Waals surface area contributed by atoms with E-state index in [1.165, 1.54) is 24.0 Å². The summed E-state index contributed by atoms with van der Waals surface area (Å²) in [5, 5.41) is 12.1.